The van der Waals surface area contributed by atoms with Crippen molar-refractivity contribution in [3.05, 3.63) is 45.7 Å². The van der Waals surface area contributed by atoms with Crippen molar-refractivity contribution in [3.8, 4) is 5.13 Å². The second kappa shape index (κ2) is 7.18. The molecule has 1 saturated heterocycles. The summed E-state index contributed by atoms with van der Waals surface area (Å²) in [6, 6.07) is 3.74. The number of methoxy groups -OCH3 is 1. The third-order valence-electron chi connectivity index (χ3n) is 4.88. The molecule has 3 aromatic rings. The van der Waals surface area contributed by atoms with E-state index in [9.17, 15) is 9.59 Å². The highest BCUT2D eigenvalue weighted by Crippen LogP contribution is 2.24. The monoisotopic (exact) mass is 385 g/mol. The van der Waals surface area contributed by atoms with Crippen LogP contribution in [0.4, 0.5) is 5.82 Å². The lowest BCUT2D eigenvalue weighted by Gasteiger charge is -2.18. The maximum Gasteiger partial charge on any atom is 0.201 e. The van der Waals surface area contributed by atoms with E-state index in [4.69, 9.17) is 9.72 Å². The van der Waals surface area contributed by atoms with Crippen molar-refractivity contribution >= 4 is 34.5 Å². The number of aldehydes is 1. The highest BCUT2D eigenvalue weighted by Gasteiger charge is 2.32. The number of nitrogens with one attached hydrogen (secondary N) is 1. The van der Waals surface area contributed by atoms with E-state index in [-0.39, 0.29) is 23.1 Å². The van der Waals surface area contributed by atoms with Crippen LogP contribution < -0.4 is 15.6 Å². The molecule has 1 fully saturated rings. The van der Waals surface area contributed by atoms with Gasteiger partial charge in [-0.05, 0) is 19.2 Å². The number of carbonyl (C=O) groups is 1. The third kappa shape index (κ3) is 3.03. The maximum atomic E-state index is 12.6. The van der Waals surface area contributed by atoms with E-state index < -0.39 is 0 Å². The van der Waals surface area contributed by atoms with Crippen molar-refractivity contribution in [2.45, 2.75) is 12.1 Å². The number of ether oxygens (including phenoxy) is 1. The lowest BCUT2D eigenvalue weighted by atomic mass is 10.2. The molecule has 0 radical (unpaired) electrons. The van der Waals surface area contributed by atoms with Crippen LogP contribution in [0, 0.1) is 0 Å². The summed E-state index contributed by atoms with van der Waals surface area (Å²) in [6.07, 6.45) is 3.81. The van der Waals surface area contributed by atoms with Gasteiger partial charge in [0.15, 0.2) is 17.1 Å². The number of thiazole rings is 1. The predicted octanol–water partition coefficient (Wildman–Crippen LogP) is 1.08. The molecule has 140 valence electrons. The van der Waals surface area contributed by atoms with Crippen LogP contribution in [0.25, 0.3) is 16.2 Å². The Balaban J connectivity index is 1.86. The molecule has 2 atom stereocenters. The molecule has 1 N–H and O–H groups in total. The van der Waals surface area contributed by atoms with Gasteiger partial charge in [0.1, 0.15) is 5.82 Å². The SMILES string of the molecule is CN[C@H]1CN(c2ccc3c(=O)c(C=O)cn(-c4nccs4)c3n2)C[C@@H]1OC. The lowest BCUT2D eigenvalue weighted by molar-refractivity contribution is 0.0996. The summed E-state index contributed by atoms with van der Waals surface area (Å²) in [5, 5.41) is 6.15. The first-order valence-electron chi connectivity index (χ1n) is 8.52. The molecule has 0 saturated carbocycles. The molecule has 9 heteroatoms. The minimum absolute atomic E-state index is 0.0612. The summed E-state index contributed by atoms with van der Waals surface area (Å²) in [7, 11) is 3.61. The molecular weight excluding hydrogens is 366 g/mol. The molecule has 0 amide bonds. The lowest BCUT2D eigenvalue weighted by Crippen LogP contribution is -2.37. The van der Waals surface area contributed by atoms with Gasteiger partial charge in [-0.15, -0.1) is 11.3 Å². The number of pyridine rings is 2. The third-order valence-corrected chi connectivity index (χ3v) is 5.65. The van der Waals surface area contributed by atoms with E-state index in [0.717, 1.165) is 12.4 Å². The molecule has 0 spiro atoms. The van der Waals surface area contributed by atoms with Crippen LogP contribution in [0.5, 0.6) is 0 Å². The highest BCUT2D eigenvalue weighted by atomic mass is 32.1. The molecule has 4 rings (SSSR count). The molecule has 0 unspecified atom stereocenters. The minimum Gasteiger partial charge on any atom is -0.378 e. The van der Waals surface area contributed by atoms with Gasteiger partial charge in [0, 0.05) is 38.0 Å². The summed E-state index contributed by atoms with van der Waals surface area (Å²) in [5.74, 6) is 0.755. The Morgan fingerprint density at radius 3 is 2.85 bits per heavy atom. The molecular formula is C18H19N5O3S. The first-order valence-corrected chi connectivity index (χ1v) is 9.40. The van der Waals surface area contributed by atoms with Crippen molar-refractivity contribution in [3.63, 3.8) is 0 Å². The van der Waals surface area contributed by atoms with Gasteiger partial charge < -0.3 is 15.0 Å². The van der Waals surface area contributed by atoms with E-state index in [0.29, 0.717) is 29.0 Å². The number of rotatable bonds is 5. The zero-order chi connectivity index (χ0) is 19.0. The first-order chi connectivity index (χ1) is 13.2. The largest absolute Gasteiger partial charge is 0.378 e. The van der Waals surface area contributed by atoms with Gasteiger partial charge in [-0.25, -0.2) is 9.97 Å². The van der Waals surface area contributed by atoms with E-state index in [1.165, 1.54) is 17.5 Å². The standard InChI is InChI=1S/C18H19N5O3S/c1-19-13-8-22(9-14(13)26-2)15-4-3-12-16(25)11(10-24)7-23(17(12)21-15)18-20-5-6-27-18/h3-7,10,13-14,19H,8-9H2,1-2H3/t13-,14-/m0/s1. The zero-order valence-electron chi connectivity index (χ0n) is 15.0. The van der Waals surface area contributed by atoms with Crippen LogP contribution in [-0.2, 0) is 4.74 Å². The van der Waals surface area contributed by atoms with E-state index >= 15 is 0 Å². The van der Waals surface area contributed by atoms with Gasteiger partial charge in [0.2, 0.25) is 5.43 Å². The van der Waals surface area contributed by atoms with Crippen LogP contribution in [0.1, 0.15) is 10.4 Å². The van der Waals surface area contributed by atoms with Crippen LogP contribution in [0.15, 0.2) is 34.7 Å². The van der Waals surface area contributed by atoms with Crippen molar-refractivity contribution in [1.82, 2.24) is 19.9 Å². The Bertz CT molecular complexity index is 1020. The Labute approximate surface area is 159 Å². The van der Waals surface area contributed by atoms with E-state index in [1.54, 1.807) is 23.9 Å². The first kappa shape index (κ1) is 17.8. The predicted molar refractivity (Wildman–Crippen MR) is 104 cm³/mol. The fourth-order valence-electron chi connectivity index (χ4n) is 3.43. The number of hydrogen-bond donors (Lipinski definition) is 1. The van der Waals surface area contributed by atoms with E-state index in [2.05, 4.69) is 15.2 Å². The van der Waals surface area contributed by atoms with Crippen LogP contribution in [0.3, 0.4) is 0 Å². The number of hydrogen-bond acceptors (Lipinski definition) is 8. The average molecular weight is 385 g/mol. The number of fused-ring (bicyclic) bond motifs is 1. The molecule has 0 bridgehead atoms. The molecule has 0 aromatic carbocycles. The smallest absolute Gasteiger partial charge is 0.201 e. The van der Waals surface area contributed by atoms with Gasteiger partial charge in [-0.2, -0.15) is 0 Å². The number of carbonyl (C=O) groups excluding carboxylic acids is 1. The Morgan fingerprint density at radius 1 is 1.37 bits per heavy atom. The second-order valence-corrected chi connectivity index (χ2v) is 7.20. The molecule has 27 heavy (non-hydrogen) atoms. The summed E-state index contributed by atoms with van der Waals surface area (Å²) >= 11 is 1.41. The number of likely N-dealkylation sites (N-methyl/N-ethyl adjacent to an activating group) is 1. The Hall–Kier alpha value is -2.62. The van der Waals surface area contributed by atoms with E-state index in [1.807, 2.05) is 18.5 Å². The average Bonchev–Trinajstić information content (AvgIpc) is 3.37. The summed E-state index contributed by atoms with van der Waals surface area (Å²) < 4.78 is 7.25. The van der Waals surface area contributed by atoms with Gasteiger partial charge in [-0.1, -0.05) is 0 Å². The number of nitrogens with zero attached hydrogens (tertiary/aromatic N) is 4. The number of anilines is 1. The van der Waals surface area contributed by atoms with Crippen molar-refractivity contribution in [1.29, 1.82) is 0 Å². The maximum absolute atomic E-state index is 12.6. The zero-order valence-corrected chi connectivity index (χ0v) is 15.8. The Kier molecular flexibility index (Phi) is 4.73. The summed E-state index contributed by atoms with van der Waals surface area (Å²) in [4.78, 5) is 35.1. The van der Waals surface area contributed by atoms with Gasteiger partial charge >= 0.3 is 0 Å². The molecule has 0 aliphatic carbocycles. The van der Waals surface area contributed by atoms with Crippen molar-refractivity contribution in [2.24, 2.45) is 0 Å². The van der Waals surface area contributed by atoms with Gasteiger partial charge in [-0.3, -0.25) is 14.2 Å². The molecule has 1 aliphatic heterocycles. The van der Waals surface area contributed by atoms with Crippen molar-refractivity contribution in [2.75, 3.05) is 32.1 Å². The molecule has 3 aromatic heterocycles. The molecule has 1 aliphatic rings. The number of aromatic nitrogens is 3. The van der Waals surface area contributed by atoms with Gasteiger partial charge in [0.25, 0.3) is 0 Å². The molecule has 8 nitrogen and oxygen atoms in total. The quantitative estimate of drug-likeness (QED) is 0.657. The highest BCUT2D eigenvalue weighted by molar-refractivity contribution is 7.12. The topological polar surface area (TPSA) is 89.4 Å². The minimum atomic E-state index is -0.323. The normalized spacial score (nSPS) is 19.7. The van der Waals surface area contributed by atoms with Gasteiger partial charge in [0.05, 0.1) is 23.1 Å². The molecule has 4 heterocycles. The fourth-order valence-corrected chi connectivity index (χ4v) is 4.05. The van der Waals surface area contributed by atoms with Crippen LogP contribution in [-0.4, -0.2) is 60.2 Å². The second-order valence-electron chi connectivity index (χ2n) is 6.33. The van der Waals surface area contributed by atoms with Crippen molar-refractivity contribution < 1.29 is 9.53 Å². The fraction of sp³-hybridized carbons (Fsp3) is 0.333. The Morgan fingerprint density at radius 2 is 2.22 bits per heavy atom. The van der Waals surface area contributed by atoms with Crippen LogP contribution in [0.2, 0.25) is 0 Å². The summed E-state index contributed by atoms with van der Waals surface area (Å²) in [6.45, 7) is 1.45. The van der Waals surface area contributed by atoms with Crippen LogP contribution >= 0.6 is 11.3 Å². The summed E-state index contributed by atoms with van der Waals surface area (Å²) in [5.41, 5.74) is 0.249.